The maximum absolute atomic E-state index is 11.9. The molecule has 0 aliphatic rings. The minimum Gasteiger partial charge on any atom is -0.354 e. The molecule has 0 saturated heterocycles. The molecular weight excluding hydrogens is 216 g/mol. The molecular formula is C13H18N2O2. The van der Waals surface area contributed by atoms with Gasteiger partial charge in [0.05, 0.1) is 0 Å². The van der Waals surface area contributed by atoms with Crippen molar-refractivity contribution in [3.63, 3.8) is 0 Å². The van der Waals surface area contributed by atoms with E-state index in [1.807, 2.05) is 37.3 Å². The van der Waals surface area contributed by atoms with Gasteiger partial charge in [-0.2, -0.15) is 0 Å². The fourth-order valence-electron chi connectivity index (χ4n) is 1.49. The SMILES string of the molecule is CCNC(=O)C(NC(=O)CC)c1ccccc1. The second kappa shape index (κ2) is 6.68. The predicted molar refractivity (Wildman–Crippen MR) is 66.3 cm³/mol. The van der Waals surface area contributed by atoms with Crippen LogP contribution >= 0.6 is 0 Å². The number of likely N-dealkylation sites (N-methyl/N-ethyl adjacent to an activating group) is 1. The maximum Gasteiger partial charge on any atom is 0.247 e. The normalized spacial score (nSPS) is 11.6. The Bertz CT molecular complexity index is 376. The van der Waals surface area contributed by atoms with Crippen LogP contribution in [0.5, 0.6) is 0 Å². The lowest BCUT2D eigenvalue weighted by atomic mass is 10.1. The molecule has 1 aromatic carbocycles. The van der Waals surface area contributed by atoms with Crippen LogP contribution in [0.3, 0.4) is 0 Å². The molecule has 1 rings (SSSR count). The second-order valence-electron chi connectivity index (χ2n) is 3.66. The highest BCUT2D eigenvalue weighted by molar-refractivity contribution is 5.88. The molecule has 0 fully saturated rings. The third-order valence-corrected chi connectivity index (χ3v) is 2.37. The molecule has 92 valence electrons. The molecule has 2 N–H and O–H groups in total. The molecule has 2 amide bonds. The number of hydrogen-bond donors (Lipinski definition) is 2. The number of rotatable bonds is 5. The summed E-state index contributed by atoms with van der Waals surface area (Å²) in [6.07, 6.45) is 0.364. The predicted octanol–water partition coefficient (Wildman–Crippen LogP) is 1.39. The Kier molecular flexibility index (Phi) is 5.20. The Morgan fingerprint density at radius 3 is 2.35 bits per heavy atom. The first-order chi connectivity index (χ1) is 8.19. The zero-order valence-corrected chi connectivity index (χ0v) is 10.2. The van der Waals surface area contributed by atoms with Crippen molar-refractivity contribution in [3.05, 3.63) is 35.9 Å². The van der Waals surface area contributed by atoms with E-state index in [4.69, 9.17) is 0 Å². The third kappa shape index (κ3) is 3.90. The van der Waals surface area contributed by atoms with Gasteiger partial charge in [-0.25, -0.2) is 0 Å². The first-order valence-electron chi connectivity index (χ1n) is 5.81. The molecule has 0 saturated carbocycles. The molecule has 0 aromatic heterocycles. The van der Waals surface area contributed by atoms with Crippen molar-refractivity contribution in [2.24, 2.45) is 0 Å². The molecule has 0 heterocycles. The average Bonchev–Trinajstić information content (AvgIpc) is 2.36. The number of nitrogens with one attached hydrogen (secondary N) is 2. The molecule has 17 heavy (non-hydrogen) atoms. The average molecular weight is 234 g/mol. The Balaban J connectivity index is 2.86. The van der Waals surface area contributed by atoms with Gasteiger partial charge in [-0.15, -0.1) is 0 Å². The highest BCUT2D eigenvalue weighted by Gasteiger charge is 2.20. The van der Waals surface area contributed by atoms with Gasteiger partial charge in [0.15, 0.2) is 0 Å². The second-order valence-corrected chi connectivity index (χ2v) is 3.66. The molecule has 0 radical (unpaired) electrons. The van der Waals surface area contributed by atoms with Crippen molar-refractivity contribution in [1.29, 1.82) is 0 Å². The monoisotopic (exact) mass is 234 g/mol. The lowest BCUT2D eigenvalue weighted by Gasteiger charge is -2.18. The summed E-state index contributed by atoms with van der Waals surface area (Å²) in [5.74, 6) is -0.314. The summed E-state index contributed by atoms with van der Waals surface area (Å²) in [5.41, 5.74) is 0.792. The Hall–Kier alpha value is -1.84. The Morgan fingerprint density at radius 1 is 1.18 bits per heavy atom. The van der Waals surface area contributed by atoms with Crippen LogP contribution < -0.4 is 10.6 Å². The molecule has 1 aromatic rings. The Labute approximate surface area is 101 Å². The van der Waals surface area contributed by atoms with Crippen molar-refractivity contribution >= 4 is 11.8 Å². The lowest BCUT2D eigenvalue weighted by Crippen LogP contribution is -2.40. The van der Waals surface area contributed by atoms with Gasteiger partial charge in [0.1, 0.15) is 6.04 Å². The quantitative estimate of drug-likeness (QED) is 0.809. The van der Waals surface area contributed by atoms with Crippen LogP contribution in [-0.2, 0) is 9.59 Å². The summed E-state index contributed by atoms with van der Waals surface area (Å²) in [6, 6.07) is 8.62. The van der Waals surface area contributed by atoms with Crippen LogP contribution in [0.15, 0.2) is 30.3 Å². The van der Waals surface area contributed by atoms with Gasteiger partial charge < -0.3 is 10.6 Å². The van der Waals surface area contributed by atoms with Crippen LogP contribution in [0.1, 0.15) is 31.9 Å². The number of carbonyl (C=O) groups excluding carboxylic acids is 2. The van der Waals surface area contributed by atoms with E-state index in [0.717, 1.165) is 5.56 Å². The lowest BCUT2D eigenvalue weighted by molar-refractivity contribution is -0.129. The summed E-state index contributed by atoms with van der Waals surface area (Å²) in [5, 5.41) is 5.44. The fraction of sp³-hybridized carbons (Fsp3) is 0.385. The summed E-state index contributed by atoms with van der Waals surface area (Å²) in [4.78, 5) is 23.3. The van der Waals surface area contributed by atoms with Gasteiger partial charge in [-0.1, -0.05) is 37.3 Å². The van der Waals surface area contributed by atoms with Crippen molar-refractivity contribution < 1.29 is 9.59 Å². The smallest absolute Gasteiger partial charge is 0.247 e. The van der Waals surface area contributed by atoms with E-state index in [0.29, 0.717) is 13.0 Å². The highest BCUT2D eigenvalue weighted by Crippen LogP contribution is 2.12. The van der Waals surface area contributed by atoms with Crippen LogP contribution in [0.2, 0.25) is 0 Å². The number of carbonyl (C=O) groups is 2. The van der Waals surface area contributed by atoms with E-state index in [2.05, 4.69) is 10.6 Å². The highest BCUT2D eigenvalue weighted by atomic mass is 16.2. The van der Waals surface area contributed by atoms with Crippen LogP contribution in [0.25, 0.3) is 0 Å². The van der Waals surface area contributed by atoms with E-state index in [1.54, 1.807) is 6.92 Å². The molecule has 4 heteroatoms. The van der Waals surface area contributed by atoms with Crippen molar-refractivity contribution in [3.8, 4) is 0 Å². The van der Waals surface area contributed by atoms with Crippen LogP contribution in [0, 0.1) is 0 Å². The van der Waals surface area contributed by atoms with E-state index in [1.165, 1.54) is 0 Å². The molecule has 0 aliphatic carbocycles. The van der Waals surface area contributed by atoms with Gasteiger partial charge in [0.25, 0.3) is 0 Å². The number of amides is 2. The zero-order chi connectivity index (χ0) is 12.7. The molecule has 4 nitrogen and oxygen atoms in total. The summed E-state index contributed by atoms with van der Waals surface area (Å²) >= 11 is 0. The molecule has 0 spiro atoms. The van der Waals surface area contributed by atoms with Gasteiger partial charge >= 0.3 is 0 Å². The number of hydrogen-bond acceptors (Lipinski definition) is 2. The van der Waals surface area contributed by atoms with E-state index >= 15 is 0 Å². The standard InChI is InChI=1S/C13H18N2O2/c1-3-11(16)15-12(13(17)14-4-2)10-8-6-5-7-9-10/h5-9,12H,3-4H2,1-2H3,(H,14,17)(H,15,16). The van der Waals surface area contributed by atoms with Crippen LogP contribution in [0.4, 0.5) is 0 Å². The Morgan fingerprint density at radius 2 is 1.82 bits per heavy atom. The largest absolute Gasteiger partial charge is 0.354 e. The van der Waals surface area contributed by atoms with Gasteiger partial charge in [0.2, 0.25) is 11.8 Å². The van der Waals surface area contributed by atoms with Gasteiger partial charge in [-0.3, -0.25) is 9.59 Å². The maximum atomic E-state index is 11.9. The van der Waals surface area contributed by atoms with Crippen LogP contribution in [-0.4, -0.2) is 18.4 Å². The van der Waals surface area contributed by atoms with Crippen molar-refractivity contribution in [2.45, 2.75) is 26.3 Å². The summed E-state index contributed by atoms with van der Waals surface area (Å²) in [7, 11) is 0. The van der Waals surface area contributed by atoms with Crippen molar-refractivity contribution in [1.82, 2.24) is 10.6 Å². The van der Waals surface area contributed by atoms with Gasteiger partial charge in [0, 0.05) is 13.0 Å². The zero-order valence-electron chi connectivity index (χ0n) is 10.2. The van der Waals surface area contributed by atoms with E-state index < -0.39 is 6.04 Å². The summed E-state index contributed by atoms with van der Waals surface area (Å²) in [6.45, 7) is 4.15. The molecule has 0 bridgehead atoms. The molecule has 0 aliphatic heterocycles. The third-order valence-electron chi connectivity index (χ3n) is 2.37. The van der Waals surface area contributed by atoms with E-state index in [9.17, 15) is 9.59 Å². The minimum atomic E-state index is -0.608. The van der Waals surface area contributed by atoms with Gasteiger partial charge in [-0.05, 0) is 12.5 Å². The van der Waals surface area contributed by atoms with Crippen molar-refractivity contribution in [2.75, 3.05) is 6.54 Å². The van der Waals surface area contributed by atoms with E-state index in [-0.39, 0.29) is 11.8 Å². The summed E-state index contributed by atoms with van der Waals surface area (Å²) < 4.78 is 0. The number of benzene rings is 1. The first-order valence-corrected chi connectivity index (χ1v) is 5.81. The minimum absolute atomic E-state index is 0.134. The fourth-order valence-corrected chi connectivity index (χ4v) is 1.49. The molecule has 1 unspecified atom stereocenters. The molecule has 1 atom stereocenters. The first kappa shape index (κ1) is 13.2. The topological polar surface area (TPSA) is 58.2 Å².